The van der Waals surface area contributed by atoms with Crippen molar-refractivity contribution in [1.82, 2.24) is 0 Å². The molecule has 1 heterocycles. The van der Waals surface area contributed by atoms with E-state index in [4.69, 9.17) is 4.74 Å². The predicted octanol–water partition coefficient (Wildman–Crippen LogP) is 3.22. The summed E-state index contributed by atoms with van der Waals surface area (Å²) in [5, 5.41) is 0. The van der Waals surface area contributed by atoms with E-state index in [0.717, 1.165) is 13.2 Å². The molecule has 0 bridgehead atoms. The van der Waals surface area contributed by atoms with E-state index in [0.29, 0.717) is 0 Å². The zero-order valence-electron chi connectivity index (χ0n) is 8.44. The Labute approximate surface area is 80.5 Å². The molecule has 0 atom stereocenters. The maximum Gasteiger partial charge on any atom is 0.0720 e. The first-order valence-electron chi connectivity index (χ1n) is 5.32. The molecule has 0 unspecified atom stereocenters. The van der Waals surface area contributed by atoms with Gasteiger partial charge in [0.2, 0.25) is 0 Å². The molecule has 1 saturated carbocycles. The lowest BCUT2D eigenvalue weighted by Crippen LogP contribution is -2.10. The van der Waals surface area contributed by atoms with Crippen molar-refractivity contribution in [3.05, 3.63) is 22.8 Å². The molecule has 2 rings (SSSR count). The van der Waals surface area contributed by atoms with Gasteiger partial charge in [-0.3, -0.25) is 0 Å². The van der Waals surface area contributed by atoms with Gasteiger partial charge in [-0.25, -0.2) is 0 Å². The van der Waals surface area contributed by atoms with Crippen molar-refractivity contribution in [2.24, 2.45) is 0 Å². The Morgan fingerprint density at radius 3 is 2.54 bits per heavy atom. The molecule has 2 aliphatic rings. The van der Waals surface area contributed by atoms with Crippen LogP contribution >= 0.6 is 0 Å². The second kappa shape index (κ2) is 4.10. The molecule has 1 heteroatoms. The standard InChI is InChI=1S/C12H18O/c1-10-7-12(9-13-8-10)11-5-3-2-4-6-11/h7H,2-6,8-9H2,1H3. The van der Waals surface area contributed by atoms with Gasteiger partial charge in [0.15, 0.2) is 0 Å². The molecule has 0 N–H and O–H groups in total. The topological polar surface area (TPSA) is 9.23 Å². The fourth-order valence-corrected chi connectivity index (χ4v) is 2.21. The Balaban J connectivity index is 2.15. The van der Waals surface area contributed by atoms with Gasteiger partial charge in [-0.05, 0) is 43.8 Å². The Hall–Kier alpha value is -0.560. The lowest BCUT2D eigenvalue weighted by atomic mass is 9.90. The Bertz CT molecular complexity index is 240. The third kappa shape index (κ3) is 2.22. The average Bonchev–Trinajstić information content (AvgIpc) is 2.19. The van der Waals surface area contributed by atoms with Gasteiger partial charge in [-0.2, -0.15) is 0 Å². The third-order valence-corrected chi connectivity index (χ3v) is 2.92. The quantitative estimate of drug-likeness (QED) is 0.553. The van der Waals surface area contributed by atoms with Gasteiger partial charge >= 0.3 is 0 Å². The molecule has 0 spiro atoms. The summed E-state index contributed by atoms with van der Waals surface area (Å²) in [4.78, 5) is 0. The molecule has 1 aliphatic heterocycles. The summed E-state index contributed by atoms with van der Waals surface area (Å²) in [7, 11) is 0. The summed E-state index contributed by atoms with van der Waals surface area (Å²) in [6.45, 7) is 3.84. The summed E-state index contributed by atoms with van der Waals surface area (Å²) in [6.07, 6.45) is 9.13. The SMILES string of the molecule is CC1=CC(=C2CCCCC2)COC1. The first kappa shape index (κ1) is 9.01. The fraction of sp³-hybridized carbons (Fsp3) is 0.667. The van der Waals surface area contributed by atoms with Crippen LogP contribution in [0.2, 0.25) is 0 Å². The lowest BCUT2D eigenvalue weighted by Gasteiger charge is -2.21. The number of hydrogen-bond acceptors (Lipinski definition) is 1. The van der Waals surface area contributed by atoms with E-state index >= 15 is 0 Å². The van der Waals surface area contributed by atoms with Crippen LogP contribution in [-0.2, 0) is 4.74 Å². The highest BCUT2D eigenvalue weighted by Gasteiger charge is 2.12. The molecule has 1 nitrogen and oxygen atoms in total. The Morgan fingerprint density at radius 2 is 1.85 bits per heavy atom. The summed E-state index contributed by atoms with van der Waals surface area (Å²) in [5.41, 5.74) is 4.51. The lowest BCUT2D eigenvalue weighted by molar-refractivity contribution is 0.173. The molecule has 1 fully saturated rings. The molecule has 1 aliphatic carbocycles. The normalized spacial score (nSPS) is 24.5. The average molecular weight is 178 g/mol. The summed E-state index contributed by atoms with van der Waals surface area (Å²) in [5.74, 6) is 0. The Morgan fingerprint density at radius 1 is 1.08 bits per heavy atom. The van der Waals surface area contributed by atoms with Crippen LogP contribution < -0.4 is 0 Å². The van der Waals surface area contributed by atoms with E-state index in [1.807, 2.05) is 0 Å². The minimum absolute atomic E-state index is 0.830. The molecule has 0 aromatic rings. The van der Waals surface area contributed by atoms with E-state index in [1.165, 1.54) is 43.3 Å². The molecular weight excluding hydrogens is 160 g/mol. The number of allylic oxidation sites excluding steroid dienone is 1. The number of ether oxygens (including phenoxy) is 1. The van der Waals surface area contributed by atoms with Gasteiger partial charge < -0.3 is 4.74 Å². The van der Waals surface area contributed by atoms with Gasteiger partial charge in [-0.1, -0.05) is 18.1 Å². The van der Waals surface area contributed by atoms with Crippen LogP contribution in [0.25, 0.3) is 0 Å². The molecule has 0 aromatic heterocycles. The van der Waals surface area contributed by atoms with Crippen molar-refractivity contribution in [2.75, 3.05) is 13.2 Å². The zero-order valence-corrected chi connectivity index (χ0v) is 8.44. The maximum atomic E-state index is 5.52. The van der Waals surface area contributed by atoms with E-state index in [9.17, 15) is 0 Å². The smallest absolute Gasteiger partial charge is 0.0720 e. The third-order valence-electron chi connectivity index (χ3n) is 2.92. The van der Waals surface area contributed by atoms with E-state index < -0.39 is 0 Å². The Kier molecular flexibility index (Phi) is 2.84. The summed E-state index contributed by atoms with van der Waals surface area (Å²) >= 11 is 0. The molecule has 0 aromatic carbocycles. The zero-order chi connectivity index (χ0) is 9.10. The van der Waals surface area contributed by atoms with Crippen molar-refractivity contribution >= 4 is 0 Å². The van der Waals surface area contributed by atoms with Crippen LogP contribution in [0, 0.1) is 0 Å². The van der Waals surface area contributed by atoms with Crippen LogP contribution in [0.5, 0.6) is 0 Å². The van der Waals surface area contributed by atoms with Gasteiger partial charge in [0.25, 0.3) is 0 Å². The van der Waals surface area contributed by atoms with Gasteiger partial charge in [0, 0.05) is 0 Å². The molecule has 13 heavy (non-hydrogen) atoms. The maximum absolute atomic E-state index is 5.52. The van der Waals surface area contributed by atoms with Crippen LogP contribution in [-0.4, -0.2) is 13.2 Å². The highest BCUT2D eigenvalue weighted by molar-refractivity contribution is 5.31. The van der Waals surface area contributed by atoms with Crippen molar-refractivity contribution in [1.29, 1.82) is 0 Å². The van der Waals surface area contributed by atoms with E-state index in [1.54, 1.807) is 5.57 Å². The summed E-state index contributed by atoms with van der Waals surface area (Å²) in [6, 6.07) is 0. The molecule has 0 radical (unpaired) electrons. The molecular formula is C12H18O. The minimum atomic E-state index is 0.830. The second-order valence-corrected chi connectivity index (χ2v) is 4.17. The first-order chi connectivity index (χ1) is 6.36. The van der Waals surface area contributed by atoms with Gasteiger partial charge in [0.1, 0.15) is 0 Å². The van der Waals surface area contributed by atoms with Crippen LogP contribution in [0.1, 0.15) is 39.0 Å². The van der Waals surface area contributed by atoms with Crippen molar-refractivity contribution in [2.45, 2.75) is 39.0 Å². The highest BCUT2D eigenvalue weighted by atomic mass is 16.5. The van der Waals surface area contributed by atoms with Crippen LogP contribution in [0.15, 0.2) is 22.8 Å². The van der Waals surface area contributed by atoms with E-state index in [-0.39, 0.29) is 0 Å². The largest absolute Gasteiger partial charge is 0.372 e. The van der Waals surface area contributed by atoms with Crippen LogP contribution in [0.3, 0.4) is 0 Å². The first-order valence-corrected chi connectivity index (χ1v) is 5.32. The van der Waals surface area contributed by atoms with Gasteiger partial charge in [0.05, 0.1) is 13.2 Å². The monoisotopic (exact) mass is 178 g/mol. The van der Waals surface area contributed by atoms with Crippen molar-refractivity contribution < 1.29 is 4.74 Å². The fourth-order valence-electron chi connectivity index (χ4n) is 2.21. The van der Waals surface area contributed by atoms with Crippen LogP contribution in [0.4, 0.5) is 0 Å². The predicted molar refractivity (Wildman–Crippen MR) is 54.7 cm³/mol. The molecule has 0 saturated heterocycles. The second-order valence-electron chi connectivity index (χ2n) is 4.17. The summed E-state index contributed by atoms with van der Waals surface area (Å²) < 4.78 is 5.52. The van der Waals surface area contributed by atoms with E-state index in [2.05, 4.69) is 13.0 Å². The van der Waals surface area contributed by atoms with Gasteiger partial charge in [-0.15, -0.1) is 0 Å². The molecule has 0 amide bonds. The highest BCUT2D eigenvalue weighted by Crippen LogP contribution is 2.28. The number of hydrogen-bond donors (Lipinski definition) is 0. The minimum Gasteiger partial charge on any atom is -0.372 e. The van der Waals surface area contributed by atoms with Crippen molar-refractivity contribution in [3.63, 3.8) is 0 Å². The van der Waals surface area contributed by atoms with Crippen molar-refractivity contribution in [3.8, 4) is 0 Å². The molecule has 72 valence electrons. The number of rotatable bonds is 0.